The number of benzene rings is 1. The molecule has 4 nitrogen and oxygen atoms in total. The van der Waals surface area contributed by atoms with Crippen molar-refractivity contribution < 1.29 is 14.7 Å². The molecule has 0 spiro atoms. The quantitative estimate of drug-likeness (QED) is 0.827. The van der Waals surface area contributed by atoms with E-state index in [1.165, 1.54) is 23.6 Å². The van der Waals surface area contributed by atoms with Gasteiger partial charge >= 0.3 is 5.97 Å². The van der Waals surface area contributed by atoms with Crippen molar-refractivity contribution in [2.75, 3.05) is 0 Å². The van der Waals surface area contributed by atoms with Crippen LogP contribution in [0.15, 0.2) is 18.2 Å². The largest absolute Gasteiger partial charge is 0.480 e. The Morgan fingerprint density at radius 2 is 2.00 bits per heavy atom. The fraction of sp³-hybridized carbons (Fsp3) is 0.467. The third kappa shape index (κ3) is 5.12. The molecule has 1 amide bonds. The van der Waals surface area contributed by atoms with E-state index in [1.807, 2.05) is 0 Å². The van der Waals surface area contributed by atoms with Crippen LogP contribution in [0.2, 0.25) is 0 Å². The average Bonchev–Trinajstić information content (AvgIpc) is 2.31. The van der Waals surface area contributed by atoms with E-state index < -0.39 is 12.0 Å². The molecule has 0 aliphatic carbocycles. The Labute approximate surface area is 113 Å². The van der Waals surface area contributed by atoms with Gasteiger partial charge in [0, 0.05) is 6.42 Å². The zero-order valence-electron chi connectivity index (χ0n) is 11.7. The first kappa shape index (κ1) is 15.2. The Morgan fingerprint density at radius 3 is 2.58 bits per heavy atom. The molecule has 0 aliphatic heterocycles. The molecule has 104 valence electrons. The summed E-state index contributed by atoms with van der Waals surface area (Å²) in [6.45, 7) is 5.58. The standard InChI is InChI=1S/C15H21NO3/c1-10-7-8-13(11(2)9-10)5-4-6-14(17)16-12(3)15(18)19/h7-9,12H,4-6H2,1-3H3,(H,16,17)(H,18,19). The normalized spacial score (nSPS) is 11.9. The Kier molecular flexibility index (Phi) is 5.55. The second-order valence-electron chi connectivity index (χ2n) is 4.91. The van der Waals surface area contributed by atoms with Crippen molar-refractivity contribution in [1.82, 2.24) is 5.32 Å². The van der Waals surface area contributed by atoms with E-state index in [4.69, 9.17) is 5.11 Å². The predicted molar refractivity (Wildman–Crippen MR) is 74.1 cm³/mol. The lowest BCUT2D eigenvalue weighted by Crippen LogP contribution is -2.38. The molecule has 0 radical (unpaired) electrons. The summed E-state index contributed by atoms with van der Waals surface area (Å²) in [5.74, 6) is -1.22. The fourth-order valence-corrected chi connectivity index (χ4v) is 1.94. The first-order valence-corrected chi connectivity index (χ1v) is 6.48. The van der Waals surface area contributed by atoms with Crippen molar-refractivity contribution in [1.29, 1.82) is 0 Å². The van der Waals surface area contributed by atoms with E-state index in [9.17, 15) is 9.59 Å². The average molecular weight is 263 g/mol. The Hall–Kier alpha value is -1.84. The number of aliphatic carboxylic acids is 1. The van der Waals surface area contributed by atoms with E-state index in [1.54, 1.807) is 0 Å². The lowest BCUT2D eigenvalue weighted by molar-refractivity contribution is -0.141. The fourth-order valence-electron chi connectivity index (χ4n) is 1.94. The molecule has 1 atom stereocenters. The molecular formula is C15H21NO3. The first-order valence-electron chi connectivity index (χ1n) is 6.48. The minimum absolute atomic E-state index is 0.209. The van der Waals surface area contributed by atoms with Crippen molar-refractivity contribution in [2.45, 2.75) is 46.1 Å². The van der Waals surface area contributed by atoms with Gasteiger partial charge in [-0.3, -0.25) is 9.59 Å². The highest BCUT2D eigenvalue weighted by atomic mass is 16.4. The number of hydrogen-bond acceptors (Lipinski definition) is 2. The van der Waals surface area contributed by atoms with Gasteiger partial charge in [0.1, 0.15) is 6.04 Å². The second-order valence-corrected chi connectivity index (χ2v) is 4.91. The Balaban J connectivity index is 2.38. The molecule has 0 fully saturated rings. The van der Waals surface area contributed by atoms with Gasteiger partial charge in [-0.15, -0.1) is 0 Å². The molecule has 0 bridgehead atoms. The van der Waals surface area contributed by atoms with Gasteiger partial charge in [-0.2, -0.15) is 0 Å². The van der Waals surface area contributed by atoms with Gasteiger partial charge in [-0.05, 0) is 44.7 Å². The van der Waals surface area contributed by atoms with Gasteiger partial charge in [0.05, 0.1) is 0 Å². The molecule has 0 saturated carbocycles. The number of rotatable bonds is 6. The van der Waals surface area contributed by atoms with Crippen LogP contribution in [-0.2, 0) is 16.0 Å². The van der Waals surface area contributed by atoms with E-state index >= 15 is 0 Å². The molecule has 1 unspecified atom stereocenters. The van der Waals surface area contributed by atoms with Gasteiger partial charge < -0.3 is 10.4 Å². The topological polar surface area (TPSA) is 66.4 Å². The molecule has 0 aliphatic rings. The summed E-state index contributed by atoms with van der Waals surface area (Å²) in [7, 11) is 0. The molecule has 4 heteroatoms. The highest BCUT2D eigenvalue weighted by Crippen LogP contribution is 2.13. The smallest absolute Gasteiger partial charge is 0.325 e. The van der Waals surface area contributed by atoms with E-state index in [-0.39, 0.29) is 5.91 Å². The molecule has 0 saturated heterocycles. The SMILES string of the molecule is Cc1ccc(CCCC(=O)NC(C)C(=O)O)c(C)c1. The van der Waals surface area contributed by atoms with Crippen molar-refractivity contribution in [3.05, 3.63) is 34.9 Å². The summed E-state index contributed by atoms with van der Waals surface area (Å²) in [4.78, 5) is 22.1. The van der Waals surface area contributed by atoms with Gasteiger partial charge in [-0.1, -0.05) is 23.8 Å². The number of hydrogen-bond donors (Lipinski definition) is 2. The third-order valence-electron chi connectivity index (χ3n) is 3.10. The van der Waals surface area contributed by atoms with Crippen LogP contribution in [0.1, 0.15) is 36.5 Å². The lowest BCUT2D eigenvalue weighted by atomic mass is 10.0. The molecule has 1 aromatic rings. The number of carboxylic acid groups (broad SMARTS) is 1. The van der Waals surface area contributed by atoms with Crippen molar-refractivity contribution >= 4 is 11.9 Å². The number of carbonyl (C=O) groups excluding carboxylic acids is 1. The minimum atomic E-state index is -1.01. The van der Waals surface area contributed by atoms with Gasteiger partial charge in [0.25, 0.3) is 0 Å². The highest BCUT2D eigenvalue weighted by Gasteiger charge is 2.13. The Bertz CT molecular complexity index is 468. The maximum atomic E-state index is 11.5. The monoisotopic (exact) mass is 263 g/mol. The van der Waals surface area contributed by atoms with Crippen molar-refractivity contribution in [3.8, 4) is 0 Å². The molecular weight excluding hydrogens is 242 g/mol. The summed E-state index contributed by atoms with van der Waals surface area (Å²) in [5, 5.41) is 11.1. The number of nitrogens with one attached hydrogen (secondary N) is 1. The Morgan fingerprint density at radius 1 is 1.32 bits per heavy atom. The maximum Gasteiger partial charge on any atom is 0.325 e. The van der Waals surface area contributed by atoms with Crippen molar-refractivity contribution in [2.24, 2.45) is 0 Å². The zero-order valence-corrected chi connectivity index (χ0v) is 11.7. The van der Waals surface area contributed by atoms with Crippen LogP contribution in [-0.4, -0.2) is 23.0 Å². The van der Waals surface area contributed by atoms with Crippen LogP contribution in [0.4, 0.5) is 0 Å². The van der Waals surface area contributed by atoms with E-state index in [2.05, 4.69) is 37.4 Å². The molecule has 19 heavy (non-hydrogen) atoms. The zero-order chi connectivity index (χ0) is 14.4. The number of carboxylic acids is 1. The van der Waals surface area contributed by atoms with E-state index in [0.717, 1.165) is 12.8 Å². The number of carbonyl (C=O) groups is 2. The molecule has 1 rings (SSSR count). The van der Waals surface area contributed by atoms with Crippen LogP contribution in [0, 0.1) is 13.8 Å². The lowest BCUT2D eigenvalue weighted by Gasteiger charge is -2.10. The number of aryl methyl sites for hydroxylation is 3. The predicted octanol–water partition coefficient (Wildman–Crippen LogP) is 2.22. The number of amides is 1. The summed E-state index contributed by atoms with van der Waals surface area (Å²) in [6, 6.07) is 5.45. The minimum Gasteiger partial charge on any atom is -0.480 e. The molecule has 2 N–H and O–H groups in total. The van der Waals surface area contributed by atoms with Crippen LogP contribution in [0.3, 0.4) is 0 Å². The highest BCUT2D eigenvalue weighted by molar-refractivity contribution is 5.83. The van der Waals surface area contributed by atoms with Gasteiger partial charge in [0.15, 0.2) is 0 Å². The van der Waals surface area contributed by atoms with Crippen LogP contribution in [0.5, 0.6) is 0 Å². The maximum absolute atomic E-state index is 11.5. The summed E-state index contributed by atoms with van der Waals surface area (Å²) >= 11 is 0. The summed E-state index contributed by atoms with van der Waals surface area (Å²) in [6.07, 6.45) is 1.91. The molecule has 0 heterocycles. The first-order chi connectivity index (χ1) is 8.90. The summed E-state index contributed by atoms with van der Waals surface area (Å²) < 4.78 is 0. The van der Waals surface area contributed by atoms with Crippen LogP contribution >= 0.6 is 0 Å². The van der Waals surface area contributed by atoms with Crippen LogP contribution in [0.25, 0.3) is 0 Å². The van der Waals surface area contributed by atoms with Gasteiger partial charge in [-0.25, -0.2) is 0 Å². The second kappa shape index (κ2) is 6.92. The van der Waals surface area contributed by atoms with Crippen molar-refractivity contribution in [3.63, 3.8) is 0 Å². The summed E-state index contributed by atoms with van der Waals surface area (Å²) in [5.41, 5.74) is 3.71. The molecule has 1 aromatic carbocycles. The van der Waals surface area contributed by atoms with Crippen LogP contribution < -0.4 is 5.32 Å². The molecule has 0 aromatic heterocycles. The van der Waals surface area contributed by atoms with Gasteiger partial charge in [0.2, 0.25) is 5.91 Å². The van der Waals surface area contributed by atoms with E-state index in [0.29, 0.717) is 6.42 Å². The third-order valence-corrected chi connectivity index (χ3v) is 3.10.